The van der Waals surface area contributed by atoms with Crippen molar-refractivity contribution in [3.05, 3.63) is 36.4 Å². The largest absolute Gasteiger partial charge is 0.493 e. The van der Waals surface area contributed by atoms with E-state index >= 15 is 0 Å². The molecule has 1 N–H and O–H groups in total. The van der Waals surface area contributed by atoms with Crippen molar-refractivity contribution in [3.63, 3.8) is 0 Å². The predicted molar refractivity (Wildman–Crippen MR) is 43.4 cm³/mol. The molecule has 0 aliphatic rings. The summed E-state index contributed by atoms with van der Waals surface area (Å²) in [7, 11) is 0. The molecule has 58 valence electrons. The molecule has 0 saturated heterocycles. The smallest absolute Gasteiger partial charge is 0.211 e. The van der Waals surface area contributed by atoms with E-state index in [0.717, 1.165) is 10.9 Å². The average molecular weight is 289 g/mol. The molecule has 1 aromatic heterocycles. The second-order valence-electron chi connectivity index (χ2n) is 2.36. The Hall–Kier alpha value is -0.219. The molecular formula is C9H7NNdO. The van der Waals surface area contributed by atoms with E-state index in [9.17, 15) is 0 Å². The van der Waals surface area contributed by atoms with E-state index in [1.807, 2.05) is 30.3 Å². The average Bonchev–Trinajstić information content (AvgIpc) is 2.04. The summed E-state index contributed by atoms with van der Waals surface area (Å²) in [5.41, 5.74) is 0.826. The number of para-hydroxylation sites is 1. The number of aromatic nitrogens is 1. The molecule has 0 atom stereocenters. The maximum Gasteiger partial charge on any atom is 0.211 e. The van der Waals surface area contributed by atoms with Gasteiger partial charge in [0.05, 0.1) is 5.52 Å². The third kappa shape index (κ3) is 1.93. The molecule has 3 heteroatoms. The monoisotopic (exact) mass is 287 g/mol. The Morgan fingerprint density at radius 3 is 2.58 bits per heavy atom. The quantitative estimate of drug-likeness (QED) is 0.804. The number of nitrogens with zero attached hydrogens (tertiary/aromatic N) is 1. The van der Waals surface area contributed by atoms with Gasteiger partial charge in [0.15, 0.2) is 0 Å². The maximum atomic E-state index is 9.02. The number of aromatic hydroxyl groups is 1. The Bertz CT molecular complexity index is 389. The van der Waals surface area contributed by atoms with Crippen LogP contribution in [0.3, 0.4) is 0 Å². The zero-order valence-corrected chi connectivity index (χ0v) is 9.57. The van der Waals surface area contributed by atoms with Crippen LogP contribution in [0.2, 0.25) is 0 Å². The zero-order chi connectivity index (χ0) is 7.68. The first-order valence-corrected chi connectivity index (χ1v) is 3.41. The van der Waals surface area contributed by atoms with Gasteiger partial charge in [0, 0.05) is 52.3 Å². The SMILES string of the molecule is Oc1ccc2ccccc2n1.[Nd]. The maximum absolute atomic E-state index is 9.02. The van der Waals surface area contributed by atoms with Gasteiger partial charge in [-0.25, -0.2) is 4.98 Å². The van der Waals surface area contributed by atoms with Crippen LogP contribution in [0.5, 0.6) is 5.88 Å². The van der Waals surface area contributed by atoms with Crippen molar-refractivity contribution >= 4 is 10.9 Å². The Kier molecular flexibility index (Phi) is 3.40. The van der Waals surface area contributed by atoms with Gasteiger partial charge in [-0.3, -0.25) is 0 Å². The molecule has 1 heterocycles. The molecule has 0 aliphatic heterocycles. The molecule has 0 amide bonds. The van der Waals surface area contributed by atoms with Crippen LogP contribution < -0.4 is 0 Å². The van der Waals surface area contributed by atoms with Crippen molar-refractivity contribution in [1.29, 1.82) is 0 Å². The zero-order valence-electron chi connectivity index (χ0n) is 6.36. The van der Waals surface area contributed by atoms with E-state index in [1.54, 1.807) is 6.07 Å². The first kappa shape index (κ1) is 9.87. The molecule has 0 spiro atoms. The van der Waals surface area contributed by atoms with Gasteiger partial charge >= 0.3 is 0 Å². The normalized spacial score (nSPS) is 9.33. The van der Waals surface area contributed by atoms with Crippen molar-refractivity contribution in [1.82, 2.24) is 4.98 Å². The molecular weight excluding hydrogens is 282 g/mol. The van der Waals surface area contributed by atoms with Gasteiger partial charge in [-0.1, -0.05) is 18.2 Å². The number of hydrogen-bond donors (Lipinski definition) is 1. The van der Waals surface area contributed by atoms with Crippen molar-refractivity contribution in [2.45, 2.75) is 0 Å². The minimum atomic E-state index is 0. The van der Waals surface area contributed by atoms with Gasteiger partial charge in [-0.05, 0) is 12.1 Å². The van der Waals surface area contributed by atoms with Crippen LogP contribution >= 0.6 is 0 Å². The Morgan fingerprint density at radius 1 is 1.00 bits per heavy atom. The molecule has 0 aliphatic carbocycles. The van der Waals surface area contributed by atoms with E-state index in [2.05, 4.69) is 4.98 Å². The fourth-order valence-electron chi connectivity index (χ4n) is 1.06. The second-order valence-corrected chi connectivity index (χ2v) is 2.36. The fourth-order valence-corrected chi connectivity index (χ4v) is 1.06. The third-order valence-corrected chi connectivity index (χ3v) is 1.58. The summed E-state index contributed by atoms with van der Waals surface area (Å²) in [6.45, 7) is 0. The molecule has 0 unspecified atom stereocenters. The van der Waals surface area contributed by atoms with E-state index in [4.69, 9.17) is 5.11 Å². The first-order valence-electron chi connectivity index (χ1n) is 3.41. The van der Waals surface area contributed by atoms with E-state index in [0.29, 0.717) is 0 Å². The number of rotatable bonds is 0. The first-order chi connectivity index (χ1) is 5.36. The van der Waals surface area contributed by atoms with Gasteiger partial charge in [-0.2, -0.15) is 0 Å². The molecule has 1 aromatic carbocycles. The summed E-state index contributed by atoms with van der Waals surface area (Å²) in [5, 5.41) is 10.1. The van der Waals surface area contributed by atoms with E-state index in [1.165, 1.54) is 0 Å². The number of pyridine rings is 1. The van der Waals surface area contributed by atoms with Crippen LogP contribution in [0.1, 0.15) is 0 Å². The fraction of sp³-hybridized carbons (Fsp3) is 0. The molecule has 2 rings (SSSR count). The van der Waals surface area contributed by atoms with Gasteiger partial charge in [0.2, 0.25) is 5.88 Å². The summed E-state index contributed by atoms with van der Waals surface area (Å²) in [4.78, 5) is 3.93. The van der Waals surface area contributed by atoms with Crippen LogP contribution in [0, 0.1) is 40.8 Å². The summed E-state index contributed by atoms with van der Waals surface area (Å²) in [6.07, 6.45) is 0. The van der Waals surface area contributed by atoms with E-state index < -0.39 is 0 Å². The van der Waals surface area contributed by atoms with Crippen molar-refractivity contribution < 1.29 is 45.9 Å². The van der Waals surface area contributed by atoms with Gasteiger partial charge in [0.1, 0.15) is 0 Å². The topological polar surface area (TPSA) is 33.1 Å². The van der Waals surface area contributed by atoms with Crippen LogP contribution in [0.15, 0.2) is 36.4 Å². The Labute approximate surface area is 103 Å². The standard InChI is InChI=1S/C9H7NO.Nd/c11-9-6-5-7-3-1-2-4-8(7)10-9;/h1-6H,(H,10,11);. The minimum Gasteiger partial charge on any atom is -0.493 e. The number of benzene rings is 1. The predicted octanol–water partition coefficient (Wildman–Crippen LogP) is 1.94. The molecule has 0 fully saturated rings. The summed E-state index contributed by atoms with van der Waals surface area (Å²) < 4.78 is 0. The molecule has 12 heavy (non-hydrogen) atoms. The molecule has 0 radical (unpaired) electrons. The van der Waals surface area contributed by atoms with Gasteiger partial charge in [-0.15, -0.1) is 0 Å². The van der Waals surface area contributed by atoms with Crippen molar-refractivity contribution in [2.75, 3.05) is 0 Å². The van der Waals surface area contributed by atoms with Gasteiger partial charge in [0.25, 0.3) is 0 Å². The van der Waals surface area contributed by atoms with Gasteiger partial charge < -0.3 is 5.11 Å². The molecule has 0 saturated carbocycles. The van der Waals surface area contributed by atoms with E-state index in [-0.39, 0.29) is 46.7 Å². The van der Waals surface area contributed by atoms with Crippen molar-refractivity contribution in [3.8, 4) is 5.88 Å². The number of hydrogen-bond acceptors (Lipinski definition) is 2. The van der Waals surface area contributed by atoms with Crippen LogP contribution in [0.25, 0.3) is 10.9 Å². The molecule has 2 nitrogen and oxygen atoms in total. The molecule has 0 bridgehead atoms. The second kappa shape index (κ2) is 4.14. The van der Waals surface area contributed by atoms with Crippen molar-refractivity contribution in [2.24, 2.45) is 0 Å². The Morgan fingerprint density at radius 2 is 1.75 bits per heavy atom. The molecule has 2 aromatic rings. The van der Waals surface area contributed by atoms with Crippen LogP contribution in [-0.4, -0.2) is 10.1 Å². The van der Waals surface area contributed by atoms with Crippen LogP contribution in [0.4, 0.5) is 0 Å². The minimum absolute atomic E-state index is 0. The number of fused-ring (bicyclic) bond motifs is 1. The summed E-state index contributed by atoms with van der Waals surface area (Å²) >= 11 is 0. The van der Waals surface area contributed by atoms with Crippen LogP contribution in [-0.2, 0) is 0 Å². The summed E-state index contributed by atoms with van der Waals surface area (Å²) in [5.74, 6) is 0.0729. The summed E-state index contributed by atoms with van der Waals surface area (Å²) in [6, 6.07) is 11.1. The third-order valence-electron chi connectivity index (χ3n) is 1.58. The Balaban J connectivity index is 0.000000720.